The summed E-state index contributed by atoms with van der Waals surface area (Å²) < 4.78 is 11.1. The number of nitrogens with one attached hydrogen (secondary N) is 1. The Hall–Kier alpha value is -2.08. The van der Waals surface area contributed by atoms with Gasteiger partial charge in [0.05, 0.1) is 6.61 Å². The lowest BCUT2D eigenvalue weighted by Gasteiger charge is -2.07. The molecule has 1 aliphatic rings. The summed E-state index contributed by atoms with van der Waals surface area (Å²) in [4.78, 5) is 15.4. The van der Waals surface area contributed by atoms with Crippen molar-refractivity contribution in [2.45, 2.75) is 45.1 Å². The van der Waals surface area contributed by atoms with E-state index >= 15 is 0 Å². The van der Waals surface area contributed by atoms with E-state index in [-0.39, 0.29) is 6.61 Å². The topological polar surface area (TPSA) is 80.2 Å². The van der Waals surface area contributed by atoms with Crippen LogP contribution in [0.3, 0.4) is 0 Å². The molecule has 2 N–H and O–H groups in total. The number of hydrogen-bond acceptors (Lipinski definition) is 5. The van der Waals surface area contributed by atoms with E-state index in [1.807, 2.05) is 24.3 Å². The van der Waals surface area contributed by atoms with Crippen molar-refractivity contribution in [2.75, 3.05) is 13.2 Å². The highest BCUT2D eigenvalue weighted by Gasteiger charge is 2.26. The van der Waals surface area contributed by atoms with Crippen molar-refractivity contribution in [3.8, 4) is 5.75 Å². The zero-order chi connectivity index (χ0) is 16.5. The molecule has 0 aromatic heterocycles. The first-order valence-electron chi connectivity index (χ1n) is 8.12. The van der Waals surface area contributed by atoms with Gasteiger partial charge in [-0.1, -0.05) is 32.6 Å². The van der Waals surface area contributed by atoms with E-state index in [1.54, 1.807) is 5.48 Å². The summed E-state index contributed by atoms with van der Waals surface area (Å²) in [5.74, 6) is 0.653. The molecule has 0 bridgehead atoms. The van der Waals surface area contributed by atoms with Crippen LogP contribution in [0.15, 0.2) is 29.3 Å². The van der Waals surface area contributed by atoms with E-state index in [0.29, 0.717) is 5.90 Å². The predicted molar refractivity (Wildman–Crippen MR) is 86.9 cm³/mol. The largest absolute Gasteiger partial charge is 0.494 e. The van der Waals surface area contributed by atoms with Gasteiger partial charge in [-0.2, -0.15) is 0 Å². The molecule has 1 amide bonds. The van der Waals surface area contributed by atoms with Crippen LogP contribution in [0.2, 0.25) is 0 Å². The molecule has 1 aromatic rings. The minimum atomic E-state index is -0.700. The van der Waals surface area contributed by atoms with Gasteiger partial charge in [-0.25, -0.2) is 10.5 Å². The van der Waals surface area contributed by atoms with Gasteiger partial charge in [0, 0.05) is 5.56 Å². The summed E-state index contributed by atoms with van der Waals surface area (Å²) in [6.45, 7) is 3.06. The Balaban J connectivity index is 1.80. The van der Waals surface area contributed by atoms with Crippen molar-refractivity contribution >= 4 is 11.8 Å². The Kier molecular flexibility index (Phi) is 6.87. The van der Waals surface area contributed by atoms with Crippen LogP contribution < -0.4 is 10.2 Å². The number of nitrogens with zero attached hydrogens (tertiary/aromatic N) is 1. The van der Waals surface area contributed by atoms with Crippen molar-refractivity contribution in [3.63, 3.8) is 0 Å². The number of ether oxygens (including phenoxy) is 2. The Morgan fingerprint density at radius 3 is 2.74 bits per heavy atom. The van der Waals surface area contributed by atoms with Gasteiger partial charge in [-0.3, -0.25) is 10.0 Å². The van der Waals surface area contributed by atoms with Gasteiger partial charge in [0.15, 0.2) is 6.04 Å². The highest BCUT2D eigenvalue weighted by Crippen LogP contribution is 2.17. The van der Waals surface area contributed by atoms with E-state index in [1.165, 1.54) is 25.7 Å². The fourth-order valence-electron chi connectivity index (χ4n) is 2.33. The molecule has 1 aliphatic heterocycles. The molecule has 0 fully saturated rings. The normalized spacial score (nSPS) is 16.6. The minimum Gasteiger partial charge on any atom is -0.494 e. The maximum atomic E-state index is 11.3. The highest BCUT2D eigenvalue weighted by molar-refractivity contribution is 5.98. The molecule has 1 atom stereocenters. The van der Waals surface area contributed by atoms with Crippen molar-refractivity contribution in [1.29, 1.82) is 0 Å². The molecule has 2 rings (SSSR count). The molecule has 0 radical (unpaired) electrons. The number of aliphatic imine (C=N–C) groups is 1. The van der Waals surface area contributed by atoms with Crippen LogP contribution in [0.25, 0.3) is 0 Å². The van der Waals surface area contributed by atoms with Gasteiger partial charge in [-0.05, 0) is 30.7 Å². The van der Waals surface area contributed by atoms with E-state index in [0.717, 1.165) is 24.3 Å². The number of benzene rings is 1. The molecule has 0 saturated heterocycles. The first kappa shape index (κ1) is 17.3. The zero-order valence-corrected chi connectivity index (χ0v) is 13.5. The van der Waals surface area contributed by atoms with Crippen LogP contribution in [-0.4, -0.2) is 36.3 Å². The summed E-state index contributed by atoms with van der Waals surface area (Å²) in [6, 6.07) is 6.74. The van der Waals surface area contributed by atoms with E-state index in [4.69, 9.17) is 14.7 Å². The van der Waals surface area contributed by atoms with Crippen LogP contribution in [0.1, 0.15) is 44.6 Å². The number of hydrogen-bond donors (Lipinski definition) is 2. The van der Waals surface area contributed by atoms with Crippen LogP contribution in [0.4, 0.5) is 0 Å². The SMILES string of the molecule is CCCCCCCOc1ccc(C2=N[C@@H](C(=O)NO)CO2)cc1. The second kappa shape index (κ2) is 9.15. The monoisotopic (exact) mass is 320 g/mol. The number of amides is 1. The highest BCUT2D eigenvalue weighted by atomic mass is 16.5. The van der Waals surface area contributed by atoms with Gasteiger partial charge >= 0.3 is 0 Å². The maximum absolute atomic E-state index is 11.3. The van der Waals surface area contributed by atoms with Crippen molar-refractivity contribution in [1.82, 2.24) is 5.48 Å². The summed E-state index contributed by atoms with van der Waals surface area (Å²) in [6.07, 6.45) is 6.06. The fraction of sp³-hybridized carbons (Fsp3) is 0.529. The molecule has 0 saturated carbocycles. The van der Waals surface area contributed by atoms with Crippen molar-refractivity contribution < 1.29 is 19.5 Å². The van der Waals surface area contributed by atoms with E-state index in [2.05, 4.69) is 11.9 Å². The van der Waals surface area contributed by atoms with Crippen molar-refractivity contribution in [3.05, 3.63) is 29.8 Å². The van der Waals surface area contributed by atoms with Crippen LogP contribution >= 0.6 is 0 Å². The average molecular weight is 320 g/mol. The minimum absolute atomic E-state index is 0.137. The third kappa shape index (κ3) is 5.25. The van der Waals surface area contributed by atoms with Gasteiger partial charge in [0.25, 0.3) is 5.91 Å². The molecule has 1 heterocycles. The Morgan fingerprint density at radius 1 is 1.30 bits per heavy atom. The molecule has 6 heteroatoms. The van der Waals surface area contributed by atoms with Crippen molar-refractivity contribution in [2.24, 2.45) is 4.99 Å². The summed E-state index contributed by atoms with van der Waals surface area (Å²) in [5.41, 5.74) is 2.37. The zero-order valence-electron chi connectivity index (χ0n) is 13.5. The number of rotatable bonds is 9. The van der Waals surface area contributed by atoms with E-state index in [9.17, 15) is 4.79 Å². The summed E-state index contributed by atoms with van der Waals surface area (Å²) >= 11 is 0. The van der Waals surface area contributed by atoms with Crippen LogP contribution in [0, 0.1) is 0 Å². The first-order chi connectivity index (χ1) is 11.2. The Labute approximate surface area is 136 Å². The standard InChI is InChI=1S/C17H24N2O4/c1-2-3-4-5-6-11-22-14-9-7-13(8-10-14)17-18-15(12-23-17)16(20)19-21/h7-10,15,21H,2-6,11-12H2,1H3,(H,19,20)/t15-/m1/s1. The third-order valence-corrected chi connectivity index (χ3v) is 3.68. The maximum Gasteiger partial charge on any atom is 0.271 e. The molecular weight excluding hydrogens is 296 g/mol. The smallest absolute Gasteiger partial charge is 0.271 e. The predicted octanol–water partition coefficient (Wildman–Crippen LogP) is 2.69. The lowest BCUT2D eigenvalue weighted by atomic mass is 10.2. The lowest BCUT2D eigenvalue weighted by molar-refractivity contribution is -0.130. The molecule has 6 nitrogen and oxygen atoms in total. The molecular formula is C17H24N2O4. The number of carbonyl (C=O) groups excluding carboxylic acids is 1. The number of hydroxylamine groups is 1. The average Bonchev–Trinajstić information content (AvgIpc) is 3.08. The Morgan fingerprint density at radius 2 is 2.04 bits per heavy atom. The lowest BCUT2D eigenvalue weighted by Crippen LogP contribution is -2.31. The first-order valence-corrected chi connectivity index (χ1v) is 8.12. The van der Waals surface area contributed by atoms with E-state index < -0.39 is 11.9 Å². The molecule has 0 aliphatic carbocycles. The second-order valence-electron chi connectivity index (χ2n) is 5.52. The molecule has 0 unspecified atom stereocenters. The van der Waals surface area contributed by atoms with Crippen LogP contribution in [-0.2, 0) is 9.53 Å². The summed E-state index contributed by atoms with van der Waals surface area (Å²) in [7, 11) is 0. The number of carbonyl (C=O) groups is 1. The van der Waals surface area contributed by atoms with Gasteiger partial charge < -0.3 is 9.47 Å². The molecule has 23 heavy (non-hydrogen) atoms. The number of unbranched alkanes of at least 4 members (excludes halogenated alkanes) is 4. The molecule has 1 aromatic carbocycles. The summed E-state index contributed by atoms with van der Waals surface area (Å²) in [5, 5.41) is 8.60. The Bertz CT molecular complexity index is 528. The third-order valence-electron chi connectivity index (χ3n) is 3.68. The van der Waals surface area contributed by atoms with Gasteiger partial charge in [-0.15, -0.1) is 0 Å². The molecule has 126 valence electrons. The molecule has 0 spiro atoms. The van der Waals surface area contributed by atoms with Gasteiger partial charge in [0.1, 0.15) is 12.4 Å². The van der Waals surface area contributed by atoms with Crippen LogP contribution in [0.5, 0.6) is 5.75 Å². The van der Waals surface area contributed by atoms with Gasteiger partial charge in [0.2, 0.25) is 5.90 Å². The second-order valence-corrected chi connectivity index (χ2v) is 5.52. The quantitative estimate of drug-likeness (QED) is 0.416. The fourth-order valence-corrected chi connectivity index (χ4v) is 2.33.